The van der Waals surface area contributed by atoms with Gasteiger partial charge in [-0.05, 0) is 24.6 Å². The normalized spacial score (nSPS) is 12.3. The third-order valence-corrected chi connectivity index (χ3v) is 2.28. The second kappa shape index (κ2) is 4.29. The van der Waals surface area contributed by atoms with Crippen molar-refractivity contribution in [3.8, 4) is 0 Å². The molecule has 14 heavy (non-hydrogen) atoms. The fraction of sp³-hybridized carbons (Fsp3) is 0.333. The topological polar surface area (TPSA) is 29.3 Å². The van der Waals surface area contributed by atoms with Crippen molar-refractivity contribution < 1.29 is 0 Å². The van der Waals surface area contributed by atoms with Crippen LogP contribution in [0.25, 0.3) is 0 Å². The largest absolute Gasteiger partial charge is 0.378 e. The highest BCUT2D eigenvalue weighted by atomic mass is 15.1. The predicted octanol–water partition coefficient (Wildman–Crippen LogP) is 2.33. The van der Waals surface area contributed by atoms with Gasteiger partial charge >= 0.3 is 0 Å². The number of anilines is 1. The number of nitrogens with zero attached hydrogens (tertiary/aromatic N) is 1. The Morgan fingerprint density at radius 2 is 2.07 bits per heavy atom. The molecule has 0 saturated heterocycles. The van der Waals surface area contributed by atoms with E-state index in [1.165, 1.54) is 5.69 Å². The van der Waals surface area contributed by atoms with Crippen molar-refractivity contribution in [3.05, 3.63) is 42.0 Å². The SMILES string of the molecule is C=C(C)C(N)c1cccc(N(C)C)c1. The van der Waals surface area contributed by atoms with Gasteiger partial charge in [0.05, 0.1) is 6.04 Å². The van der Waals surface area contributed by atoms with E-state index in [1.54, 1.807) is 0 Å². The summed E-state index contributed by atoms with van der Waals surface area (Å²) in [5, 5.41) is 0. The summed E-state index contributed by atoms with van der Waals surface area (Å²) >= 11 is 0. The molecule has 0 aliphatic carbocycles. The summed E-state index contributed by atoms with van der Waals surface area (Å²) in [6.45, 7) is 5.82. The average Bonchev–Trinajstić information content (AvgIpc) is 2.16. The Morgan fingerprint density at radius 1 is 1.43 bits per heavy atom. The predicted molar refractivity (Wildman–Crippen MR) is 62.5 cm³/mol. The smallest absolute Gasteiger partial charge is 0.0506 e. The molecule has 76 valence electrons. The van der Waals surface area contributed by atoms with E-state index in [9.17, 15) is 0 Å². The lowest BCUT2D eigenvalue weighted by Gasteiger charge is -2.17. The van der Waals surface area contributed by atoms with Crippen LogP contribution >= 0.6 is 0 Å². The van der Waals surface area contributed by atoms with Crippen LogP contribution in [-0.2, 0) is 0 Å². The van der Waals surface area contributed by atoms with Crippen LogP contribution in [0, 0.1) is 0 Å². The molecular formula is C12H18N2. The summed E-state index contributed by atoms with van der Waals surface area (Å²) in [6.07, 6.45) is 0. The van der Waals surface area contributed by atoms with Crippen LogP contribution in [0.1, 0.15) is 18.5 Å². The van der Waals surface area contributed by atoms with Crippen molar-refractivity contribution in [1.29, 1.82) is 0 Å². The molecule has 0 aliphatic rings. The molecule has 2 heteroatoms. The van der Waals surface area contributed by atoms with Crippen LogP contribution < -0.4 is 10.6 Å². The third-order valence-electron chi connectivity index (χ3n) is 2.28. The second-order valence-corrected chi connectivity index (χ2v) is 3.81. The standard InChI is InChI=1S/C12H18N2/c1-9(2)12(13)10-6-5-7-11(8-10)14(3)4/h5-8,12H,1,13H2,2-4H3. The van der Waals surface area contributed by atoms with Gasteiger partial charge in [-0.25, -0.2) is 0 Å². The lowest BCUT2D eigenvalue weighted by Crippen LogP contribution is -2.13. The zero-order valence-corrected chi connectivity index (χ0v) is 9.12. The van der Waals surface area contributed by atoms with Crippen LogP contribution in [0.15, 0.2) is 36.4 Å². The van der Waals surface area contributed by atoms with E-state index < -0.39 is 0 Å². The van der Waals surface area contributed by atoms with Crippen LogP contribution in [0.4, 0.5) is 5.69 Å². The van der Waals surface area contributed by atoms with Gasteiger partial charge in [0.15, 0.2) is 0 Å². The van der Waals surface area contributed by atoms with E-state index in [-0.39, 0.29) is 6.04 Å². The minimum absolute atomic E-state index is 0.0603. The highest BCUT2D eigenvalue weighted by molar-refractivity contribution is 5.48. The van der Waals surface area contributed by atoms with Gasteiger partial charge in [-0.2, -0.15) is 0 Å². The van der Waals surface area contributed by atoms with Gasteiger partial charge < -0.3 is 10.6 Å². The van der Waals surface area contributed by atoms with Gasteiger partial charge in [-0.3, -0.25) is 0 Å². The van der Waals surface area contributed by atoms with E-state index in [0.717, 1.165) is 11.1 Å². The zero-order valence-electron chi connectivity index (χ0n) is 9.12. The van der Waals surface area contributed by atoms with Crippen LogP contribution in [0.3, 0.4) is 0 Å². The van der Waals surface area contributed by atoms with Gasteiger partial charge in [0.25, 0.3) is 0 Å². The molecule has 0 bridgehead atoms. The number of rotatable bonds is 3. The Hall–Kier alpha value is -1.28. The van der Waals surface area contributed by atoms with E-state index in [0.29, 0.717) is 0 Å². The highest BCUT2D eigenvalue weighted by Gasteiger charge is 2.06. The fourth-order valence-electron chi connectivity index (χ4n) is 1.28. The van der Waals surface area contributed by atoms with Crippen molar-refractivity contribution >= 4 is 5.69 Å². The Balaban J connectivity index is 2.99. The molecule has 0 aliphatic heterocycles. The molecule has 2 nitrogen and oxygen atoms in total. The molecule has 0 fully saturated rings. The summed E-state index contributed by atoms with van der Waals surface area (Å²) in [7, 11) is 4.04. The number of nitrogens with two attached hydrogens (primary N) is 1. The van der Waals surface area contributed by atoms with Gasteiger partial charge in [0.1, 0.15) is 0 Å². The lowest BCUT2D eigenvalue weighted by molar-refractivity contribution is 0.849. The quantitative estimate of drug-likeness (QED) is 0.741. The zero-order chi connectivity index (χ0) is 10.7. The van der Waals surface area contributed by atoms with Crippen molar-refractivity contribution in [1.82, 2.24) is 0 Å². The average molecular weight is 190 g/mol. The maximum absolute atomic E-state index is 5.99. The lowest BCUT2D eigenvalue weighted by atomic mass is 10.0. The summed E-state index contributed by atoms with van der Waals surface area (Å²) in [5.41, 5.74) is 9.26. The van der Waals surface area contributed by atoms with Crippen molar-refractivity contribution in [2.75, 3.05) is 19.0 Å². The number of hydrogen-bond donors (Lipinski definition) is 1. The van der Waals surface area contributed by atoms with E-state index in [2.05, 4.69) is 23.6 Å². The van der Waals surface area contributed by atoms with Crippen molar-refractivity contribution in [3.63, 3.8) is 0 Å². The van der Waals surface area contributed by atoms with Gasteiger partial charge in [0.2, 0.25) is 0 Å². The molecule has 1 unspecified atom stereocenters. The molecule has 1 aromatic carbocycles. The number of hydrogen-bond acceptors (Lipinski definition) is 2. The van der Waals surface area contributed by atoms with Crippen LogP contribution in [-0.4, -0.2) is 14.1 Å². The molecule has 0 heterocycles. The van der Waals surface area contributed by atoms with E-state index in [4.69, 9.17) is 5.73 Å². The summed E-state index contributed by atoms with van der Waals surface area (Å²) in [4.78, 5) is 2.06. The Kier molecular flexibility index (Phi) is 3.31. The molecule has 0 amide bonds. The monoisotopic (exact) mass is 190 g/mol. The first kappa shape index (κ1) is 10.8. The number of benzene rings is 1. The first-order valence-corrected chi connectivity index (χ1v) is 4.70. The van der Waals surface area contributed by atoms with Crippen molar-refractivity contribution in [2.24, 2.45) is 5.73 Å². The summed E-state index contributed by atoms with van der Waals surface area (Å²) < 4.78 is 0. The molecule has 1 aromatic rings. The fourth-order valence-corrected chi connectivity index (χ4v) is 1.28. The minimum Gasteiger partial charge on any atom is -0.378 e. The first-order valence-electron chi connectivity index (χ1n) is 4.70. The summed E-state index contributed by atoms with van der Waals surface area (Å²) in [5.74, 6) is 0. The van der Waals surface area contributed by atoms with Gasteiger partial charge in [-0.15, -0.1) is 0 Å². The molecule has 2 N–H and O–H groups in total. The van der Waals surface area contributed by atoms with E-state index in [1.807, 2.05) is 33.2 Å². The van der Waals surface area contributed by atoms with E-state index >= 15 is 0 Å². The highest BCUT2D eigenvalue weighted by Crippen LogP contribution is 2.21. The molecule has 1 atom stereocenters. The maximum Gasteiger partial charge on any atom is 0.0506 e. The Morgan fingerprint density at radius 3 is 2.57 bits per heavy atom. The molecule has 0 radical (unpaired) electrons. The third kappa shape index (κ3) is 2.36. The van der Waals surface area contributed by atoms with Crippen LogP contribution in [0.5, 0.6) is 0 Å². The molecule has 0 saturated carbocycles. The summed E-state index contributed by atoms with van der Waals surface area (Å²) in [6, 6.07) is 8.16. The van der Waals surface area contributed by atoms with Gasteiger partial charge in [-0.1, -0.05) is 24.3 Å². The van der Waals surface area contributed by atoms with Crippen LogP contribution in [0.2, 0.25) is 0 Å². The Labute approximate surface area is 86.0 Å². The molecule has 0 spiro atoms. The molecule has 0 aromatic heterocycles. The molecule has 1 rings (SSSR count). The molecular weight excluding hydrogens is 172 g/mol. The minimum atomic E-state index is -0.0603. The Bertz CT molecular complexity index is 329. The van der Waals surface area contributed by atoms with Gasteiger partial charge in [0, 0.05) is 19.8 Å². The van der Waals surface area contributed by atoms with Crippen molar-refractivity contribution in [2.45, 2.75) is 13.0 Å². The second-order valence-electron chi connectivity index (χ2n) is 3.81. The maximum atomic E-state index is 5.99. The first-order chi connectivity index (χ1) is 6.52.